The molecule has 0 unspecified atom stereocenters. The summed E-state index contributed by atoms with van der Waals surface area (Å²) in [4.78, 5) is 21.0. The van der Waals surface area contributed by atoms with Gasteiger partial charge in [0.1, 0.15) is 0 Å². The first-order valence-electron chi connectivity index (χ1n) is 6.45. The first kappa shape index (κ1) is 15.2. The number of benzene rings is 1. The molecule has 112 valence electrons. The van der Waals surface area contributed by atoms with E-state index in [1.807, 2.05) is 19.9 Å². The molecular formula is C15H11Cl2N3OS. The molecule has 1 amide bonds. The van der Waals surface area contributed by atoms with Crippen molar-refractivity contribution in [3.63, 3.8) is 0 Å². The quantitative estimate of drug-likeness (QED) is 0.716. The van der Waals surface area contributed by atoms with E-state index in [1.54, 1.807) is 12.1 Å². The minimum atomic E-state index is -0.346. The highest BCUT2D eigenvalue weighted by Crippen LogP contribution is 2.29. The second-order valence-electron chi connectivity index (χ2n) is 4.83. The summed E-state index contributed by atoms with van der Waals surface area (Å²) in [7, 11) is 0. The lowest BCUT2D eigenvalue weighted by atomic mass is 10.2. The number of halogens is 2. The third-order valence-electron chi connectivity index (χ3n) is 3.07. The number of fused-ring (bicyclic) bond motifs is 1. The van der Waals surface area contributed by atoms with Crippen LogP contribution in [-0.4, -0.2) is 15.9 Å². The monoisotopic (exact) mass is 351 g/mol. The van der Waals surface area contributed by atoms with Gasteiger partial charge in [-0.25, -0.2) is 4.98 Å². The van der Waals surface area contributed by atoms with Gasteiger partial charge in [0.2, 0.25) is 0 Å². The van der Waals surface area contributed by atoms with Gasteiger partial charge in [-0.05, 0) is 43.7 Å². The van der Waals surface area contributed by atoms with Gasteiger partial charge >= 0.3 is 0 Å². The molecule has 0 fully saturated rings. The van der Waals surface area contributed by atoms with Crippen LogP contribution >= 0.6 is 34.5 Å². The van der Waals surface area contributed by atoms with Crippen molar-refractivity contribution in [1.29, 1.82) is 0 Å². The number of rotatable bonds is 2. The number of nitrogens with zero attached hydrogens (tertiary/aromatic N) is 2. The van der Waals surface area contributed by atoms with Crippen molar-refractivity contribution in [2.45, 2.75) is 13.8 Å². The summed E-state index contributed by atoms with van der Waals surface area (Å²) in [6, 6.07) is 6.74. The lowest BCUT2D eigenvalue weighted by molar-refractivity contribution is 0.102. The molecule has 0 saturated heterocycles. The Morgan fingerprint density at radius 3 is 2.73 bits per heavy atom. The molecule has 2 heterocycles. The maximum absolute atomic E-state index is 12.3. The van der Waals surface area contributed by atoms with E-state index in [0.29, 0.717) is 26.4 Å². The van der Waals surface area contributed by atoms with E-state index in [4.69, 9.17) is 23.2 Å². The van der Waals surface area contributed by atoms with Gasteiger partial charge in [0, 0.05) is 10.7 Å². The Labute approximate surface area is 141 Å². The Morgan fingerprint density at radius 1 is 1.18 bits per heavy atom. The molecule has 2 aromatic heterocycles. The zero-order valence-electron chi connectivity index (χ0n) is 11.8. The molecule has 3 aromatic rings. The molecule has 1 aromatic carbocycles. The van der Waals surface area contributed by atoms with Crippen LogP contribution in [0.1, 0.15) is 21.6 Å². The van der Waals surface area contributed by atoms with Gasteiger partial charge in [0.05, 0.1) is 15.3 Å². The topological polar surface area (TPSA) is 54.9 Å². The van der Waals surface area contributed by atoms with Gasteiger partial charge < -0.3 is 0 Å². The number of nitrogens with one attached hydrogen (secondary N) is 1. The third kappa shape index (κ3) is 2.92. The highest BCUT2D eigenvalue weighted by Gasteiger charge is 2.15. The van der Waals surface area contributed by atoms with Gasteiger partial charge in [-0.2, -0.15) is 4.98 Å². The fourth-order valence-corrected chi connectivity index (χ4v) is 3.36. The molecule has 0 aliphatic carbocycles. The Morgan fingerprint density at radius 2 is 1.95 bits per heavy atom. The van der Waals surface area contributed by atoms with E-state index in [2.05, 4.69) is 15.3 Å². The minimum absolute atomic E-state index is 0.314. The molecular weight excluding hydrogens is 341 g/mol. The van der Waals surface area contributed by atoms with Gasteiger partial charge in [-0.15, -0.1) is 0 Å². The average Bonchev–Trinajstić information content (AvgIpc) is 2.84. The van der Waals surface area contributed by atoms with Gasteiger partial charge in [0.15, 0.2) is 10.8 Å². The van der Waals surface area contributed by atoms with Crippen LogP contribution in [0.3, 0.4) is 0 Å². The van der Waals surface area contributed by atoms with Crippen molar-refractivity contribution in [3.05, 3.63) is 51.1 Å². The Bertz CT molecular complexity index is 892. The predicted octanol–water partition coefficient (Wildman–Crippen LogP) is 4.87. The second-order valence-corrected chi connectivity index (χ2v) is 6.67. The summed E-state index contributed by atoms with van der Waals surface area (Å²) in [5.74, 6) is -0.346. The highest BCUT2D eigenvalue weighted by molar-refractivity contribution is 7.22. The Hall–Kier alpha value is -1.69. The highest BCUT2D eigenvalue weighted by atomic mass is 35.5. The van der Waals surface area contributed by atoms with Crippen LogP contribution in [0.4, 0.5) is 5.13 Å². The number of aromatic nitrogens is 2. The van der Waals surface area contributed by atoms with Gasteiger partial charge in [-0.3, -0.25) is 10.1 Å². The SMILES string of the molecule is Cc1cc(C)c2sc(NC(=O)c3cc(Cl)ccc3Cl)nc2n1. The number of hydrogen-bond acceptors (Lipinski definition) is 4. The van der Waals surface area contributed by atoms with Gasteiger partial charge in [-0.1, -0.05) is 34.5 Å². The molecule has 3 rings (SSSR count). The second kappa shape index (κ2) is 5.83. The van der Waals surface area contributed by atoms with Crippen LogP contribution in [0, 0.1) is 13.8 Å². The van der Waals surface area contributed by atoms with E-state index in [-0.39, 0.29) is 5.91 Å². The molecule has 0 aliphatic heterocycles. The Balaban J connectivity index is 1.94. The van der Waals surface area contributed by atoms with Crippen LogP contribution < -0.4 is 5.32 Å². The molecule has 7 heteroatoms. The molecule has 0 radical (unpaired) electrons. The smallest absolute Gasteiger partial charge is 0.259 e. The fourth-order valence-electron chi connectivity index (χ4n) is 2.11. The molecule has 0 bridgehead atoms. The third-order valence-corrected chi connectivity index (χ3v) is 4.73. The molecule has 1 N–H and O–H groups in total. The van der Waals surface area contributed by atoms with Crippen molar-refractivity contribution in [2.75, 3.05) is 5.32 Å². The lowest BCUT2D eigenvalue weighted by Crippen LogP contribution is -2.12. The molecule has 0 saturated carbocycles. The number of aryl methyl sites for hydroxylation is 2. The largest absolute Gasteiger partial charge is 0.298 e. The predicted molar refractivity (Wildman–Crippen MR) is 91.3 cm³/mol. The van der Waals surface area contributed by atoms with E-state index in [1.165, 1.54) is 17.4 Å². The van der Waals surface area contributed by atoms with Crippen LogP contribution in [-0.2, 0) is 0 Å². The van der Waals surface area contributed by atoms with Crippen LogP contribution in [0.2, 0.25) is 10.0 Å². The van der Waals surface area contributed by atoms with Crippen molar-refractivity contribution in [1.82, 2.24) is 9.97 Å². The number of thiazole rings is 1. The average molecular weight is 352 g/mol. The maximum Gasteiger partial charge on any atom is 0.259 e. The van der Waals surface area contributed by atoms with Crippen LogP contribution in [0.5, 0.6) is 0 Å². The number of carbonyl (C=O) groups excluding carboxylic acids is 1. The van der Waals surface area contributed by atoms with Crippen molar-refractivity contribution in [2.24, 2.45) is 0 Å². The zero-order valence-corrected chi connectivity index (χ0v) is 14.1. The number of carbonyl (C=O) groups is 1. The van der Waals surface area contributed by atoms with E-state index >= 15 is 0 Å². The van der Waals surface area contributed by atoms with Crippen LogP contribution in [0.15, 0.2) is 24.3 Å². The lowest BCUT2D eigenvalue weighted by Gasteiger charge is -2.04. The van der Waals surface area contributed by atoms with Crippen molar-refractivity contribution < 1.29 is 4.79 Å². The summed E-state index contributed by atoms with van der Waals surface area (Å²) in [5, 5.41) is 4.02. The molecule has 4 nitrogen and oxygen atoms in total. The van der Waals surface area contributed by atoms with E-state index in [9.17, 15) is 4.79 Å². The normalized spacial score (nSPS) is 10.9. The Kier molecular flexibility index (Phi) is 4.04. The number of anilines is 1. The molecule has 0 spiro atoms. The number of pyridine rings is 1. The molecule has 0 atom stereocenters. The summed E-state index contributed by atoms with van der Waals surface area (Å²) >= 11 is 13.3. The molecule has 0 aliphatic rings. The van der Waals surface area contributed by atoms with Crippen LogP contribution in [0.25, 0.3) is 10.3 Å². The first-order valence-corrected chi connectivity index (χ1v) is 8.02. The van der Waals surface area contributed by atoms with Gasteiger partial charge in [0.25, 0.3) is 5.91 Å². The van der Waals surface area contributed by atoms with Crippen molar-refractivity contribution >= 4 is 55.9 Å². The number of amides is 1. The summed E-state index contributed by atoms with van der Waals surface area (Å²) in [5.41, 5.74) is 2.93. The summed E-state index contributed by atoms with van der Waals surface area (Å²) in [6.07, 6.45) is 0. The first-order chi connectivity index (χ1) is 10.4. The summed E-state index contributed by atoms with van der Waals surface area (Å²) < 4.78 is 0.957. The maximum atomic E-state index is 12.3. The fraction of sp³-hybridized carbons (Fsp3) is 0.133. The molecule has 22 heavy (non-hydrogen) atoms. The minimum Gasteiger partial charge on any atom is -0.298 e. The van der Waals surface area contributed by atoms with Crippen molar-refractivity contribution in [3.8, 4) is 0 Å². The van der Waals surface area contributed by atoms with E-state index in [0.717, 1.165) is 16.0 Å². The zero-order chi connectivity index (χ0) is 15.9. The van der Waals surface area contributed by atoms with E-state index < -0.39 is 0 Å². The number of hydrogen-bond donors (Lipinski definition) is 1. The summed E-state index contributed by atoms with van der Waals surface area (Å²) in [6.45, 7) is 3.91. The standard InChI is InChI=1S/C15H11Cl2N3OS/c1-7-5-8(2)18-13-12(7)22-15(19-13)20-14(21)10-6-9(16)3-4-11(10)17/h3-6H,1-2H3,(H,18,19,20,21).